The summed E-state index contributed by atoms with van der Waals surface area (Å²) in [5, 5.41) is 11.1. The van der Waals surface area contributed by atoms with E-state index in [1.165, 1.54) is 23.0 Å². The van der Waals surface area contributed by atoms with E-state index in [9.17, 15) is 13.2 Å². The SMILES string of the molecule is Cc1ccc(-c2n[nH]c(=S)n2/N=C\c2ccc(C(F)(F)F)cc2)cc1. The normalized spacial score (nSPS) is 12.0. The third-order valence-electron chi connectivity index (χ3n) is 3.52. The molecule has 0 amide bonds. The molecule has 128 valence electrons. The molecule has 25 heavy (non-hydrogen) atoms. The van der Waals surface area contributed by atoms with Crippen LogP contribution in [0, 0.1) is 11.7 Å². The maximum atomic E-state index is 12.6. The van der Waals surface area contributed by atoms with E-state index < -0.39 is 11.7 Å². The van der Waals surface area contributed by atoms with Gasteiger partial charge in [0.15, 0.2) is 5.82 Å². The highest BCUT2D eigenvalue weighted by Gasteiger charge is 2.29. The van der Waals surface area contributed by atoms with Gasteiger partial charge in [0.1, 0.15) is 0 Å². The summed E-state index contributed by atoms with van der Waals surface area (Å²) < 4.78 is 39.5. The summed E-state index contributed by atoms with van der Waals surface area (Å²) in [7, 11) is 0. The Morgan fingerprint density at radius 1 is 1.08 bits per heavy atom. The van der Waals surface area contributed by atoms with Crippen molar-refractivity contribution in [3.63, 3.8) is 0 Å². The number of nitrogens with one attached hydrogen (secondary N) is 1. The van der Waals surface area contributed by atoms with Crippen LogP contribution in [0.25, 0.3) is 11.4 Å². The Kier molecular flexibility index (Phi) is 4.54. The first-order valence-corrected chi connectivity index (χ1v) is 7.71. The molecule has 0 aliphatic carbocycles. The lowest BCUT2D eigenvalue weighted by molar-refractivity contribution is -0.137. The van der Waals surface area contributed by atoms with Crippen molar-refractivity contribution in [2.45, 2.75) is 13.1 Å². The van der Waals surface area contributed by atoms with Gasteiger partial charge in [-0.2, -0.15) is 28.0 Å². The van der Waals surface area contributed by atoms with Gasteiger partial charge >= 0.3 is 6.18 Å². The van der Waals surface area contributed by atoms with E-state index in [0.29, 0.717) is 16.2 Å². The average Bonchev–Trinajstić information content (AvgIpc) is 2.94. The number of alkyl halides is 3. The molecule has 0 unspecified atom stereocenters. The van der Waals surface area contributed by atoms with E-state index in [4.69, 9.17) is 12.2 Å². The molecule has 0 saturated carbocycles. The van der Waals surface area contributed by atoms with Crippen LogP contribution in [0.3, 0.4) is 0 Å². The largest absolute Gasteiger partial charge is 0.416 e. The smallest absolute Gasteiger partial charge is 0.250 e. The molecule has 0 radical (unpaired) electrons. The number of halogens is 3. The molecule has 3 aromatic rings. The molecule has 0 saturated heterocycles. The second-order valence-corrected chi connectivity index (χ2v) is 5.78. The lowest BCUT2D eigenvalue weighted by atomic mass is 10.1. The lowest BCUT2D eigenvalue weighted by Gasteiger charge is -2.06. The van der Waals surface area contributed by atoms with Crippen LogP contribution in [0.1, 0.15) is 16.7 Å². The van der Waals surface area contributed by atoms with Crippen LogP contribution in [0.5, 0.6) is 0 Å². The summed E-state index contributed by atoms with van der Waals surface area (Å²) in [4.78, 5) is 0. The van der Waals surface area contributed by atoms with Crippen LogP contribution in [0.4, 0.5) is 13.2 Å². The molecular weight excluding hydrogens is 349 g/mol. The molecule has 0 fully saturated rings. The van der Waals surface area contributed by atoms with Crippen molar-refractivity contribution in [1.29, 1.82) is 0 Å². The third kappa shape index (κ3) is 3.85. The van der Waals surface area contributed by atoms with Gasteiger partial charge in [0.05, 0.1) is 11.8 Å². The van der Waals surface area contributed by atoms with E-state index in [0.717, 1.165) is 23.3 Å². The van der Waals surface area contributed by atoms with Crippen molar-refractivity contribution in [3.05, 3.63) is 70.0 Å². The fraction of sp³-hybridized carbons (Fsp3) is 0.118. The summed E-state index contributed by atoms with van der Waals surface area (Å²) in [5.41, 5.74) is 1.75. The van der Waals surface area contributed by atoms with Gasteiger partial charge in [0.25, 0.3) is 0 Å². The highest BCUT2D eigenvalue weighted by atomic mass is 32.1. The van der Waals surface area contributed by atoms with Crippen LogP contribution < -0.4 is 0 Å². The molecule has 1 aromatic heterocycles. The first kappa shape index (κ1) is 17.1. The van der Waals surface area contributed by atoms with E-state index in [-0.39, 0.29) is 0 Å². The van der Waals surface area contributed by atoms with E-state index in [1.54, 1.807) is 0 Å². The zero-order valence-electron chi connectivity index (χ0n) is 13.1. The molecule has 0 bridgehead atoms. The summed E-state index contributed by atoms with van der Waals surface area (Å²) in [5.74, 6) is 0.521. The highest BCUT2D eigenvalue weighted by molar-refractivity contribution is 7.71. The Labute approximate surface area is 146 Å². The Balaban J connectivity index is 1.90. The number of nitrogens with zero attached hydrogens (tertiary/aromatic N) is 3. The van der Waals surface area contributed by atoms with Crippen molar-refractivity contribution in [2.75, 3.05) is 0 Å². The summed E-state index contributed by atoms with van der Waals surface area (Å²) >= 11 is 5.17. The maximum Gasteiger partial charge on any atom is 0.416 e. The number of aromatic nitrogens is 3. The van der Waals surface area contributed by atoms with Crippen molar-refractivity contribution in [3.8, 4) is 11.4 Å². The molecule has 8 heteroatoms. The molecule has 1 heterocycles. The summed E-state index contributed by atoms with van der Waals surface area (Å²) in [6.45, 7) is 1.98. The predicted molar refractivity (Wildman–Crippen MR) is 92.0 cm³/mol. The minimum atomic E-state index is -4.36. The van der Waals surface area contributed by atoms with Gasteiger partial charge in [-0.15, -0.1) is 0 Å². The monoisotopic (exact) mass is 362 g/mol. The van der Waals surface area contributed by atoms with Gasteiger partial charge in [-0.1, -0.05) is 42.0 Å². The Hall–Kier alpha value is -2.74. The zero-order chi connectivity index (χ0) is 18.0. The van der Waals surface area contributed by atoms with E-state index in [2.05, 4.69) is 15.3 Å². The van der Waals surface area contributed by atoms with Crippen LogP contribution in [-0.4, -0.2) is 21.1 Å². The van der Waals surface area contributed by atoms with E-state index >= 15 is 0 Å². The maximum absolute atomic E-state index is 12.6. The molecule has 2 aromatic carbocycles. The molecule has 0 atom stereocenters. The molecule has 1 N–H and O–H groups in total. The summed E-state index contributed by atoms with van der Waals surface area (Å²) in [6, 6.07) is 12.4. The van der Waals surface area contributed by atoms with Crippen molar-refractivity contribution < 1.29 is 13.2 Å². The average molecular weight is 362 g/mol. The van der Waals surface area contributed by atoms with E-state index in [1.807, 2.05) is 31.2 Å². The van der Waals surface area contributed by atoms with Gasteiger partial charge in [-0.05, 0) is 36.8 Å². The topological polar surface area (TPSA) is 46.0 Å². The van der Waals surface area contributed by atoms with Gasteiger partial charge in [0, 0.05) is 5.56 Å². The molecule has 0 aliphatic rings. The van der Waals surface area contributed by atoms with Gasteiger partial charge in [-0.25, -0.2) is 5.10 Å². The second-order valence-electron chi connectivity index (χ2n) is 5.39. The van der Waals surface area contributed by atoms with Crippen LogP contribution in [0.15, 0.2) is 53.6 Å². The first-order valence-electron chi connectivity index (χ1n) is 7.31. The Morgan fingerprint density at radius 2 is 1.72 bits per heavy atom. The predicted octanol–water partition coefficient (Wildman–Crippen LogP) is 4.82. The zero-order valence-corrected chi connectivity index (χ0v) is 13.9. The minimum absolute atomic E-state index is 0.290. The van der Waals surface area contributed by atoms with Gasteiger partial charge < -0.3 is 0 Å². The highest BCUT2D eigenvalue weighted by Crippen LogP contribution is 2.28. The van der Waals surface area contributed by atoms with Crippen molar-refractivity contribution in [1.82, 2.24) is 14.9 Å². The fourth-order valence-corrected chi connectivity index (χ4v) is 2.35. The number of H-pyrrole nitrogens is 1. The third-order valence-corrected chi connectivity index (χ3v) is 3.78. The number of hydrogen-bond donors (Lipinski definition) is 1. The number of rotatable bonds is 3. The second kappa shape index (κ2) is 6.64. The van der Waals surface area contributed by atoms with Crippen LogP contribution in [0.2, 0.25) is 0 Å². The van der Waals surface area contributed by atoms with Crippen molar-refractivity contribution >= 4 is 18.4 Å². The van der Waals surface area contributed by atoms with Crippen LogP contribution in [-0.2, 0) is 6.18 Å². The number of hydrogen-bond acceptors (Lipinski definition) is 3. The van der Waals surface area contributed by atoms with Crippen molar-refractivity contribution in [2.24, 2.45) is 5.10 Å². The van der Waals surface area contributed by atoms with Crippen LogP contribution >= 0.6 is 12.2 Å². The number of benzene rings is 2. The van der Waals surface area contributed by atoms with Gasteiger partial charge in [-0.3, -0.25) is 0 Å². The number of aryl methyl sites for hydroxylation is 1. The molecule has 4 nitrogen and oxygen atoms in total. The standard InChI is InChI=1S/C17H13F3N4S/c1-11-2-6-13(7-3-11)15-22-23-16(25)24(15)21-10-12-4-8-14(9-5-12)17(18,19)20/h2-10H,1H3,(H,23,25)/b21-10-. The number of aromatic amines is 1. The molecular formula is C17H13F3N4S. The lowest BCUT2D eigenvalue weighted by Crippen LogP contribution is -2.04. The Morgan fingerprint density at radius 3 is 2.32 bits per heavy atom. The molecule has 3 rings (SSSR count). The summed E-state index contributed by atoms with van der Waals surface area (Å²) in [6.07, 6.45) is -2.93. The minimum Gasteiger partial charge on any atom is -0.250 e. The molecule has 0 spiro atoms. The van der Waals surface area contributed by atoms with Gasteiger partial charge in [0.2, 0.25) is 4.77 Å². The quantitative estimate of drug-likeness (QED) is 0.536. The Bertz CT molecular complexity index is 951. The first-order chi connectivity index (χ1) is 11.8. The molecule has 0 aliphatic heterocycles. The fourth-order valence-electron chi connectivity index (χ4n) is 2.17.